The normalized spacial score (nSPS) is 21.1. The number of hydrogen-bond acceptors (Lipinski definition) is 5. The van der Waals surface area contributed by atoms with Gasteiger partial charge in [-0.15, -0.1) is 0 Å². The van der Waals surface area contributed by atoms with E-state index in [9.17, 15) is 9.59 Å². The number of carbonyl (C=O) groups is 1. The Morgan fingerprint density at radius 2 is 1.92 bits per heavy atom. The molecule has 25 heavy (non-hydrogen) atoms. The zero-order chi connectivity index (χ0) is 17.4. The van der Waals surface area contributed by atoms with Crippen molar-refractivity contribution < 1.29 is 14.3 Å². The van der Waals surface area contributed by atoms with E-state index in [1.807, 2.05) is 36.1 Å². The van der Waals surface area contributed by atoms with E-state index in [4.69, 9.17) is 9.47 Å². The van der Waals surface area contributed by atoms with E-state index in [-0.39, 0.29) is 11.5 Å². The summed E-state index contributed by atoms with van der Waals surface area (Å²) in [6.07, 6.45) is 1.98. The Morgan fingerprint density at radius 1 is 1.24 bits per heavy atom. The maximum Gasteiger partial charge on any atom is 0.269 e. The van der Waals surface area contributed by atoms with Gasteiger partial charge in [-0.2, -0.15) is 0 Å². The van der Waals surface area contributed by atoms with Crippen LogP contribution in [0.5, 0.6) is 0 Å². The van der Waals surface area contributed by atoms with Crippen LogP contribution in [0.1, 0.15) is 32.2 Å². The summed E-state index contributed by atoms with van der Waals surface area (Å²) < 4.78 is 14.0. The lowest BCUT2D eigenvalue weighted by Crippen LogP contribution is -2.49. The van der Waals surface area contributed by atoms with Gasteiger partial charge >= 0.3 is 0 Å². The summed E-state index contributed by atoms with van der Waals surface area (Å²) in [4.78, 5) is 27.6. The fourth-order valence-electron chi connectivity index (χ4n) is 3.70. The number of likely N-dealkylation sites (tertiary alicyclic amines) is 1. The van der Waals surface area contributed by atoms with Gasteiger partial charge in [0.05, 0.1) is 23.3 Å². The highest BCUT2D eigenvalue weighted by Crippen LogP contribution is 2.32. The van der Waals surface area contributed by atoms with Gasteiger partial charge in [0.25, 0.3) is 5.56 Å². The Morgan fingerprint density at radius 3 is 2.56 bits per heavy atom. The van der Waals surface area contributed by atoms with E-state index in [1.165, 1.54) is 11.5 Å². The predicted molar refractivity (Wildman–Crippen MR) is 95.9 cm³/mol. The SMILES string of the molecule is CC[C@H](C(=O)N1CCC2(CC1)OCCO2)n1sc2ccccc2c1=O. The molecule has 0 saturated carbocycles. The molecule has 0 unspecified atom stereocenters. The van der Waals surface area contributed by atoms with Crippen LogP contribution in [0.2, 0.25) is 0 Å². The summed E-state index contributed by atoms with van der Waals surface area (Å²) >= 11 is 1.37. The molecular weight excluding hydrogens is 340 g/mol. The molecule has 2 aromatic rings. The smallest absolute Gasteiger partial charge is 0.269 e. The summed E-state index contributed by atoms with van der Waals surface area (Å²) in [5.41, 5.74) is -0.0725. The van der Waals surface area contributed by atoms with Crippen LogP contribution in [0.3, 0.4) is 0 Å². The van der Waals surface area contributed by atoms with Gasteiger partial charge in [-0.1, -0.05) is 30.6 Å². The molecule has 2 aliphatic rings. The van der Waals surface area contributed by atoms with E-state index in [1.54, 1.807) is 3.96 Å². The standard InChI is InChI=1S/C18H22N2O4S/c1-2-14(20-16(21)13-5-3-4-6-15(13)25-20)17(22)19-9-7-18(8-10-19)23-11-12-24-18/h3-6,14H,2,7-12H2,1H3/t14-/m1/s1. The second-order valence-corrected chi connectivity index (χ2v) is 7.59. The van der Waals surface area contributed by atoms with Gasteiger partial charge in [0.2, 0.25) is 5.91 Å². The monoisotopic (exact) mass is 362 g/mol. The average molecular weight is 362 g/mol. The number of benzene rings is 1. The molecular formula is C18H22N2O4S. The third kappa shape index (κ3) is 2.90. The number of rotatable bonds is 3. The molecule has 1 aromatic heterocycles. The summed E-state index contributed by atoms with van der Waals surface area (Å²) in [6, 6.07) is 7.08. The molecule has 0 N–H and O–H groups in total. The molecule has 1 amide bonds. The highest BCUT2D eigenvalue weighted by atomic mass is 32.1. The first-order valence-electron chi connectivity index (χ1n) is 8.81. The topological polar surface area (TPSA) is 60.8 Å². The molecule has 7 heteroatoms. The number of fused-ring (bicyclic) bond motifs is 1. The molecule has 2 saturated heterocycles. The zero-order valence-corrected chi connectivity index (χ0v) is 15.1. The Balaban J connectivity index is 1.55. The molecule has 0 bridgehead atoms. The molecule has 4 rings (SSSR count). The maximum atomic E-state index is 13.1. The fourth-order valence-corrected chi connectivity index (χ4v) is 4.85. The Labute approximate surface area is 150 Å². The van der Waals surface area contributed by atoms with Gasteiger partial charge in [0.15, 0.2) is 5.79 Å². The molecule has 0 aliphatic carbocycles. The van der Waals surface area contributed by atoms with Crippen LogP contribution in [0.25, 0.3) is 10.1 Å². The van der Waals surface area contributed by atoms with Crippen molar-refractivity contribution >= 4 is 27.5 Å². The summed E-state index contributed by atoms with van der Waals surface area (Å²) in [6.45, 7) is 4.42. The Bertz CT molecular complexity index is 827. The van der Waals surface area contributed by atoms with Crippen LogP contribution in [0.4, 0.5) is 0 Å². The van der Waals surface area contributed by atoms with Crippen molar-refractivity contribution in [3.63, 3.8) is 0 Å². The molecule has 1 atom stereocenters. The van der Waals surface area contributed by atoms with Crippen molar-refractivity contribution in [2.24, 2.45) is 0 Å². The van der Waals surface area contributed by atoms with Crippen LogP contribution in [0.15, 0.2) is 29.1 Å². The lowest BCUT2D eigenvalue weighted by atomic mass is 10.0. The van der Waals surface area contributed by atoms with E-state index in [2.05, 4.69) is 0 Å². The largest absolute Gasteiger partial charge is 0.347 e. The van der Waals surface area contributed by atoms with Crippen LogP contribution in [0, 0.1) is 0 Å². The molecule has 0 radical (unpaired) electrons. The number of nitrogens with zero attached hydrogens (tertiary/aromatic N) is 2. The first kappa shape index (κ1) is 16.8. The first-order chi connectivity index (χ1) is 12.1. The van der Waals surface area contributed by atoms with Gasteiger partial charge < -0.3 is 14.4 Å². The minimum absolute atomic E-state index is 0.0176. The lowest BCUT2D eigenvalue weighted by Gasteiger charge is -2.38. The predicted octanol–water partition coefficient (Wildman–Crippen LogP) is 2.38. The molecule has 3 heterocycles. The van der Waals surface area contributed by atoms with E-state index in [0.29, 0.717) is 51.0 Å². The van der Waals surface area contributed by atoms with Crippen molar-refractivity contribution in [3.8, 4) is 0 Å². The van der Waals surface area contributed by atoms with Crippen LogP contribution < -0.4 is 5.56 Å². The zero-order valence-electron chi connectivity index (χ0n) is 14.3. The molecule has 2 fully saturated rings. The molecule has 134 valence electrons. The minimum atomic E-state index is -0.493. The second-order valence-electron chi connectivity index (χ2n) is 6.58. The molecule has 1 spiro atoms. The van der Waals surface area contributed by atoms with Crippen molar-refractivity contribution in [2.75, 3.05) is 26.3 Å². The van der Waals surface area contributed by atoms with Crippen LogP contribution >= 0.6 is 11.5 Å². The van der Waals surface area contributed by atoms with Crippen molar-refractivity contribution in [2.45, 2.75) is 38.0 Å². The third-order valence-corrected chi connectivity index (χ3v) is 6.29. The van der Waals surface area contributed by atoms with Crippen LogP contribution in [-0.2, 0) is 14.3 Å². The number of aromatic nitrogens is 1. The van der Waals surface area contributed by atoms with E-state index >= 15 is 0 Å². The van der Waals surface area contributed by atoms with Gasteiger partial charge in [0, 0.05) is 25.9 Å². The minimum Gasteiger partial charge on any atom is -0.347 e. The molecule has 6 nitrogen and oxygen atoms in total. The number of piperidine rings is 1. The Kier molecular flexibility index (Phi) is 4.39. The lowest BCUT2D eigenvalue weighted by molar-refractivity contribution is -0.188. The van der Waals surface area contributed by atoms with Crippen molar-refractivity contribution in [1.29, 1.82) is 0 Å². The molecule has 2 aliphatic heterocycles. The van der Waals surface area contributed by atoms with Gasteiger partial charge in [-0.05, 0) is 18.6 Å². The summed E-state index contributed by atoms with van der Waals surface area (Å²) in [5.74, 6) is -0.476. The summed E-state index contributed by atoms with van der Waals surface area (Å²) in [7, 11) is 0. The van der Waals surface area contributed by atoms with Crippen molar-refractivity contribution in [1.82, 2.24) is 8.86 Å². The van der Waals surface area contributed by atoms with Crippen molar-refractivity contribution in [3.05, 3.63) is 34.6 Å². The maximum absolute atomic E-state index is 13.1. The van der Waals surface area contributed by atoms with E-state index < -0.39 is 11.8 Å². The number of ether oxygens (including phenoxy) is 2. The second kappa shape index (κ2) is 6.55. The average Bonchev–Trinajstić information content (AvgIpc) is 3.22. The highest BCUT2D eigenvalue weighted by Gasteiger charge is 2.41. The van der Waals surface area contributed by atoms with Gasteiger partial charge in [-0.3, -0.25) is 13.5 Å². The quantitative estimate of drug-likeness (QED) is 0.841. The van der Waals surface area contributed by atoms with E-state index in [0.717, 1.165) is 4.70 Å². The molecule has 1 aromatic carbocycles. The fraction of sp³-hybridized carbons (Fsp3) is 0.556. The number of carbonyl (C=O) groups excluding carboxylic acids is 1. The highest BCUT2D eigenvalue weighted by molar-refractivity contribution is 7.14. The first-order valence-corrected chi connectivity index (χ1v) is 9.58. The Hall–Kier alpha value is -1.70. The third-order valence-electron chi connectivity index (χ3n) is 5.12. The number of amides is 1. The van der Waals surface area contributed by atoms with Crippen LogP contribution in [-0.4, -0.2) is 46.9 Å². The van der Waals surface area contributed by atoms with Gasteiger partial charge in [-0.25, -0.2) is 0 Å². The number of hydrogen-bond donors (Lipinski definition) is 0. The summed E-state index contributed by atoms with van der Waals surface area (Å²) in [5, 5.41) is 0.684. The van der Waals surface area contributed by atoms with Gasteiger partial charge in [0.1, 0.15) is 6.04 Å².